The molecule has 1 saturated heterocycles. The second-order valence-corrected chi connectivity index (χ2v) is 6.30. The van der Waals surface area contributed by atoms with Crippen molar-refractivity contribution in [1.29, 1.82) is 0 Å². The molecule has 0 spiro atoms. The Morgan fingerprint density at radius 1 is 1.33 bits per heavy atom. The van der Waals surface area contributed by atoms with Gasteiger partial charge in [-0.15, -0.1) is 0 Å². The fourth-order valence-electron chi connectivity index (χ4n) is 3.12. The quantitative estimate of drug-likeness (QED) is 0.916. The van der Waals surface area contributed by atoms with Gasteiger partial charge in [0.05, 0.1) is 12.6 Å². The van der Waals surface area contributed by atoms with Crippen molar-refractivity contribution >= 4 is 5.91 Å². The number of carbonyl (C=O) groups is 1. The lowest BCUT2D eigenvalue weighted by molar-refractivity contribution is 0.0642. The van der Waals surface area contributed by atoms with Gasteiger partial charge >= 0.3 is 0 Å². The highest BCUT2D eigenvalue weighted by Gasteiger charge is 2.30. The summed E-state index contributed by atoms with van der Waals surface area (Å²) in [6.45, 7) is 4.98. The van der Waals surface area contributed by atoms with Crippen LogP contribution in [-0.4, -0.2) is 35.1 Å². The van der Waals surface area contributed by atoms with E-state index < -0.39 is 0 Å². The Balaban J connectivity index is 1.64. The summed E-state index contributed by atoms with van der Waals surface area (Å²) in [6.07, 6.45) is 1.76. The Morgan fingerprint density at radius 3 is 2.92 bits per heavy atom. The number of aliphatic hydroxyl groups excluding tert-OH is 1. The van der Waals surface area contributed by atoms with Gasteiger partial charge in [0, 0.05) is 6.54 Å². The molecule has 0 aliphatic carbocycles. The highest BCUT2D eigenvalue weighted by Crippen LogP contribution is 2.23. The zero-order chi connectivity index (χ0) is 17.1. The van der Waals surface area contributed by atoms with E-state index in [1.54, 1.807) is 17.0 Å². The molecule has 1 aromatic carbocycles. The standard InChI is InChI=1S/C19H23NO4/c1-13-5-7-17(14(2)10-13)23-12-16-6-8-18(24-16)19(22)20-9-3-4-15(20)11-21/h5-8,10,15,21H,3-4,9,11-12H2,1-2H3/t15-/m1/s1. The summed E-state index contributed by atoms with van der Waals surface area (Å²) in [4.78, 5) is 14.2. The molecule has 1 aliphatic heterocycles. The Bertz CT molecular complexity index is 722. The average molecular weight is 329 g/mol. The maximum Gasteiger partial charge on any atom is 0.289 e. The molecule has 1 amide bonds. The molecule has 0 bridgehead atoms. The van der Waals surface area contributed by atoms with Crippen LogP contribution in [0.5, 0.6) is 5.75 Å². The van der Waals surface area contributed by atoms with E-state index in [1.165, 1.54) is 5.56 Å². The summed E-state index contributed by atoms with van der Waals surface area (Å²) in [7, 11) is 0. The summed E-state index contributed by atoms with van der Waals surface area (Å²) >= 11 is 0. The molecule has 0 saturated carbocycles. The van der Waals surface area contributed by atoms with E-state index in [2.05, 4.69) is 6.07 Å². The van der Waals surface area contributed by atoms with Gasteiger partial charge in [-0.2, -0.15) is 0 Å². The summed E-state index contributed by atoms with van der Waals surface area (Å²) < 4.78 is 11.4. The minimum Gasteiger partial charge on any atom is -0.485 e. The fraction of sp³-hybridized carbons (Fsp3) is 0.421. The molecule has 1 fully saturated rings. The number of hydrogen-bond acceptors (Lipinski definition) is 4. The largest absolute Gasteiger partial charge is 0.485 e. The number of likely N-dealkylation sites (tertiary alicyclic amines) is 1. The van der Waals surface area contributed by atoms with Crippen molar-refractivity contribution in [3.8, 4) is 5.75 Å². The number of nitrogens with zero attached hydrogens (tertiary/aromatic N) is 1. The summed E-state index contributed by atoms with van der Waals surface area (Å²) in [6, 6.07) is 9.35. The van der Waals surface area contributed by atoms with Gasteiger partial charge in [-0.25, -0.2) is 0 Å². The van der Waals surface area contributed by atoms with Crippen molar-refractivity contribution in [1.82, 2.24) is 4.90 Å². The van der Waals surface area contributed by atoms with Crippen LogP contribution in [0.25, 0.3) is 0 Å². The van der Waals surface area contributed by atoms with Crippen LogP contribution in [0.3, 0.4) is 0 Å². The number of aliphatic hydroxyl groups is 1. The van der Waals surface area contributed by atoms with Gasteiger partial charge in [-0.3, -0.25) is 4.79 Å². The molecule has 128 valence electrons. The molecule has 0 unspecified atom stereocenters. The number of amides is 1. The van der Waals surface area contributed by atoms with Crippen molar-refractivity contribution in [2.24, 2.45) is 0 Å². The fourth-order valence-corrected chi connectivity index (χ4v) is 3.12. The predicted octanol–water partition coefficient (Wildman–Crippen LogP) is 3.07. The van der Waals surface area contributed by atoms with Gasteiger partial charge in [0.25, 0.3) is 5.91 Å². The normalized spacial score (nSPS) is 17.3. The van der Waals surface area contributed by atoms with Gasteiger partial charge < -0.3 is 19.2 Å². The first-order chi connectivity index (χ1) is 11.6. The molecule has 0 radical (unpaired) electrons. The van der Waals surface area contributed by atoms with E-state index in [1.807, 2.05) is 26.0 Å². The Hall–Kier alpha value is -2.27. The molecule has 3 rings (SSSR count). The first-order valence-corrected chi connectivity index (χ1v) is 8.29. The summed E-state index contributed by atoms with van der Waals surface area (Å²) in [5, 5.41) is 9.35. The van der Waals surface area contributed by atoms with E-state index in [0.29, 0.717) is 18.1 Å². The molecule has 1 N–H and O–H groups in total. The van der Waals surface area contributed by atoms with Gasteiger partial charge in [-0.1, -0.05) is 17.7 Å². The van der Waals surface area contributed by atoms with Crippen LogP contribution in [0.2, 0.25) is 0 Å². The molecule has 1 aliphatic rings. The Kier molecular flexibility index (Phi) is 4.90. The molecule has 2 aromatic rings. The second-order valence-electron chi connectivity index (χ2n) is 6.30. The third-order valence-electron chi connectivity index (χ3n) is 4.42. The third-order valence-corrected chi connectivity index (χ3v) is 4.42. The molecular formula is C19H23NO4. The first-order valence-electron chi connectivity index (χ1n) is 8.29. The van der Waals surface area contributed by atoms with Crippen molar-refractivity contribution in [2.75, 3.05) is 13.2 Å². The van der Waals surface area contributed by atoms with Crippen molar-refractivity contribution < 1.29 is 19.1 Å². The van der Waals surface area contributed by atoms with Crippen LogP contribution in [-0.2, 0) is 6.61 Å². The molecule has 24 heavy (non-hydrogen) atoms. The lowest BCUT2D eigenvalue weighted by Gasteiger charge is -2.21. The first kappa shape index (κ1) is 16.6. The van der Waals surface area contributed by atoms with Crippen molar-refractivity contribution in [3.05, 3.63) is 53.0 Å². The lowest BCUT2D eigenvalue weighted by atomic mass is 10.1. The predicted molar refractivity (Wildman–Crippen MR) is 90.1 cm³/mol. The van der Waals surface area contributed by atoms with E-state index in [4.69, 9.17) is 9.15 Å². The Morgan fingerprint density at radius 2 is 2.17 bits per heavy atom. The highest BCUT2D eigenvalue weighted by molar-refractivity contribution is 5.92. The van der Waals surface area contributed by atoms with Gasteiger partial charge in [-0.05, 0) is 50.5 Å². The molecule has 2 heterocycles. The van der Waals surface area contributed by atoms with Gasteiger partial charge in [0.2, 0.25) is 0 Å². The third kappa shape index (κ3) is 3.46. The van der Waals surface area contributed by atoms with Crippen LogP contribution in [0, 0.1) is 13.8 Å². The smallest absolute Gasteiger partial charge is 0.289 e. The summed E-state index contributed by atoms with van der Waals surface area (Å²) in [5.41, 5.74) is 2.26. The van der Waals surface area contributed by atoms with Gasteiger partial charge in [0.15, 0.2) is 5.76 Å². The zero-order valence-electron chi connectivity index (χ0n) is 14.1. The average Bonchev–Trinajstić information content (AvgIpc) is 3.22. The SMILES string of the molecule is Cc1ccc(OCc2ccc(C(=O)N3CCC[C@@H]3CO)o2)c(C)c1. The topological polar surface area (TPSA) is 62.9 Å². The second kappa shape index (κ2) is 7.09. The Labute approximate surface area is 141 Å². The van der Waals surface area contributed by atoms with Crippen molar-refractivity contribution in [3.63, 3.8) is 0 Å². The van der Waals surface area contributed by atoms with Crippen LogP contribution in [0.1, 0.15) is 40.3 Å². The number of ether oxygens (including phenoxy) is 1. The minimum absolute atomic E-state index is 0.00484. The van der Waals surface area contributed by atoms with E-state index in [0.717, 1.165) is 24.2 Å². The van der Waals surface area contributed by atoms with E-state index in [-0.39, 0.29) is 25.2 Å². The van der Waals surface area contributed by atoms with Gasteiger partial charge in [0.1, 0.15) is 18.1 Å². The molecular weight excluding hydrogens is 306 g/mol. The summed E-state index contributed by atoms with van der Waals surface area (Å²) in [5.74, 6) is 1.56. The monoisotopic (exact) mass is 329 g/mol. The number of benzene rings is 1. The minimum atomic E-state index is -0.163. The maximum absolute atomic E-state index is 12.5. The van der Waals surface area contributed by atoms with Crippen LogP contribution in [0.15, 0.2) is 34.7 Å². The molecule has 1 aromatic heterocycles. The molecule has 5 heteroatoms. The van der Waals surface area contributed by atoms with Crippen LogP contribution in [0.4, 0.5) is 0 Å². The molecule has 5 nitrogen and oxygen atoms in total. The van der Waals surface area contributed by atoms with E-state index in [9.17, 15) is 9.90 Å². The number of hydrogen-bond donors (Lipinski definition) is 1. The number of rotatable bonds is 5. The maximum atomic E-state index is 12.5. The van der Waals surface area contributed by atoms with Crippen LogP contribution < -0.4 is 4.74 Å². The number of aryl methyl sites for hydroxylation is 2. The number of furan rings is 1. The number of carbonyl (C=O) groups excluding carboxylic acids is 1. The zero-order valence-corrected chi connectivity index (χ0v) is 14.1. The van der Waals surface area contributed by atoms with E-state index >= 15 is 0 Å². The highest BCUT2D eigenvalue weighted by atomic mass is 16.5. The van der Waals surface area contributed by atoms with Crippen LogP contribution >= 0.6 is 0 Å². The van der Waals surface area contributed by atoms with Crippen molar-refractivity contribution in [2.45, 2.75) is 39.3 Å². The lowest BCUT2D eigenvalue weighted by Crippen LogP contribution is -2.37. The molecule has 1 atom stereocenters.